The average molecular weight is 575 g/mol. The number of nitrogens with zero attached hydrogens (tertiary/aromatic N) is 2. The number of hydrogen-bond acceptors (Lipinski definition) is 6. The lowest BCUT2D eigenvalue weighted by molar-refractivity contribution is 0.00578. The molecule has 0 radical (unpaired) electrons. The number of ether oxygens (including phenoxy) is 1. The number of hydrogen-bond donors (Lipinski definition) is 1. The van der Waals surface area contributed by atoms with Gasteiger partial charge in [0.15, 0.2) is 0 Å². The average Bonchev–Trinajstić information content (AvgIpc) is 3.28. The lowest BCUT2D eigenvalue weighted by Gasteiger charge is -2.39. The highest BCUT2D eigenvalue weighted by atomic mass is 19.1. The second-order valence-corrected chi connectivity index (χ2v) is 13.6. The molecular weight excluding hydrogens is 536 g/mol. The third kappa shape index (κ3) is 5.77. The van der Waals surface area contributed by atoms with E-state index in [0.29, 0.717) is 35.0 Å². The highest BCUT2D eigenvalue weighted by Crippen LogP contribution is 2.39. The van der Waals surface area contributed by atoms with Crippen LogP contribution < -0.4 is 10.8 Å². The number of piperidine rings is 1. The van der Waals surface area contributed by atoms with Gasteiger partial charge in [0.05, 0.1) is 16.8 Å². The van der Waals surface area contributed by atoms with Crippen LogP contribution in [-0.2, 0) is 14.0 Å². The second-order valence-electron chi connectivity index (χ2n) is 13.6. The van der Waals surface area contributed by atoms with Crippen LogP contribution in [0.2, 0.25) is 0 Å². The van der Waals surface area contributed by atoms with Gasteiger partial charge >= 0.3 is 13.2 Å². The van der Waals surface area contributed by atoms with Crippen molar-refractivity contribution in [3.05, 3.63) is 53.3 Å². The zero-order valence-electron chi connectivity index (χ0n) is 25.4. The molecule has 2 amide bonds. The van der Waals surface area contributed by atoms with Gasteiger partial charge in [-0.1, -0.05) is 12.1 Å². The Balaban J connectivity index is 1.43. The van der Waals surface area contributed by atoms with E-state index in [2.05, 4.69) is 5.32 Å². The molecule has 8 nitrogen and oxygen atoms in total. The first-order chi connectivity index (χ1) is 19.6. The third-order valence-corrected chi connectivity index (χ3v) is 8.90. The van der Waals surface area contributed by atoms with Crippen LogP contribution in [0.3, 0.4) is 0 Å². The Kier molecular flexibility index (Phi) is 7.65. The number of alkyl carbamates (subject to hydrolysis) is 1. The van der Waals surface area contributed by atoms with E-state index in [1.165, 1.54) is 12.1 Å². The molecule has 3 aliphatic rings. The predicted octanol–water partition coefficient (Wildman–Crippen LogP) is 5.32. The van der Waals surface area contributed by atoms with Crippen molar-refractivity contribution in [3.8, 4) is 17.2 Å². The van der Waals surface area contributed by atoms with Crippen LogP contribution in [0.1, 0.15) is 90.1 Å². The van der Waals surface area contributed by atoms with Crippen molar-refractivity contribution in [1.29, 1.82) is 5.26 Å². The molecule has 3 heterocycles. The number of carbonyl (C=O) groups is 2. The normalized spacial score (nSPS) is 24.3. The monoisotopic (exact) mass is 575 g/mol. The number of rotatable bonds is 4. The molecule has 0 aliphatic carbocycles. The molecule has 0 spiro atoms. The Bertz CT molecular complexity index is 1420. The number of nitrogens with one attached hydrogen (secondary N) is 1. The van der Waals surface area contributed by atoms with Crippen molar-refractivity contribution in [2.24, 2.45) is 0 Å². The smallest absolute Gasteiger partial charge is 0.444 e. The first-order valence-corrected chi connectivity index (χ1v) is 14.6. The summed E-state index contributed by atoms with van der Waals surface area (Å²) < 4.78 is 32.8. The second kappa shape index (κ2) is 10.7. The molecular formula is C32H39BFN3O5. The number of fused-ring (bicyclic) bond motifs is 2. The summed E-state index contributed by atoms with van der Waals surface area (Å²) in [4.78, 5) is 28.3. The van der Waals surface area contributed by atoms with Crippen molar-refractivity contribution in [1.82, 2.24) is 10.2 Å². The summed E-state index contributed by atoms with van der Waals surface area (Å²) in [5.41, 5.74) is 0.477. The van der Waals surface area contributed by atoms with E-state index in [-0.39, 0.29) is 29.6 Å². The molecule has 10 heteroatoms. The van der Waals surface area contributed by atoms with Crippen LogP contribution in [0.25, 0.3) is 11.1 Å². The lowest BCUT2D eigenvalue weighted by Crippen LogP contribution is -2.53. The van der Waals surface area contributed by atoms with Gasteiger partial charge in [-0.3, -0.25) is 4.79 Å². The summed E-state index contributed by atoms with van der Waals surface area (Å²) in [5.74, 6) is -0.738. The van der Waals surface area contributed by atoms with E-state index in [1.54, 1.807) is 18.2 Å². The molecule has 0 aromatic heterocycles. The summed E-state index contributed by atoms with van der Waals surface area (Å²) in [6.45, 7) is 13.3. The molecule has 222 valence electrons. The topological polar surface area (TPSA) is 101 Å². The Labute approximate surface area is 247 Å². The summed E-state index contributed by atoms with van der Waals surface area (Å²) in [5, 5.41) is 12.2. The predicted molar refractivity (Wildman–Crippen MR) is 158 cm³/mol. The minimum absolute atomic E-state index is 0.00485. The molecule has 5 rings (SSSR count). The van der Waals surface area contributed by atoms with Gasteiger partial charge in [0, 0.05) is 23.7 Å². The first-order valence-electron chi connectivity index (χ1n) is 14.6. The molecule has 1 unspecified atom stereocenters. The van der Waals surface area contributed by atoms with Crippen molar-refractivity contribution in [2.45, 2.75) is 109 Å². The number of carbonyl (C=O) groups excluding carboxylic acids is 2. The van der Waals surface area contributed by atoms with Gasteiger partial charge in [-0.05, 0) is 115 Å². The Morgan fingerprint density at radius 2 is 1.67 bits per heavy atom. The van der Waals surface area contributed by atoms with Gasteiger partial charge in [0.25, 0.3) is 5.91 Å². The standard InChI is InChI=1S/C32H39BFN3O5/c1-30(2,3)40-29(39)36-22-16-23-11-12-24(17-22)37(23)28(38)20-10-13-26(33-41-31(4,5)32(6,7)42-33)25(14-20)19-8-9-21(18-35)27(34)15-19/h8-10,13-15,22-24H,11-12,16-17H2,1-7H3,(H,36,39)/t22?,23-,24+. The SMILES string of the molecule is CC(C)(C)OC(=O)NC1C[C@H]2CC[C@@H](C1)N2C(=O)c1ccc(B2OC(C)(C)C(C)(C)O2)c(-c2ccc(C#N)c(F)c2)c1. The maximum Gasteiger partial charge on any atom is 0.495 e. The van der Waals surface area contributed by atoms with Crippen molar-refractivity contribution >= 4 is 24.6 Å². The van der Waals surface area contributed by atoms with E-state index >= 15 is 0 Å². The van der Waals surface area contributed by atoms with E-state index < -0.39 is 35.8 Å². The summed E-state index contributed by atoms with van der Waals surface area (Å²) >= 11 is 0. The number of nitriles is 1. The Hall–Kier alpha value is -3.42. The lowest BCUT2D eigenvalue weighted by atomic mass is 9.73. The van der Waals surface area contributed by atoms with E-state index in [0.717, 1.165) is 12.8 Å². The van der Waals surface area contributed by atoms with Gasteiger partial charge in [-0.25, -0.2) is 9.18 Å². The summed E-state index contributed by atoms with van der Waals surface area (Å²) in [6.07, 6.45) is 2.59. The van der Waals surface area contributed by atoms with Gasteiger partial charge in [0.1, 0.15) is 17.5 Å². The van der Waals surface area contributed by atoms with Crippen LogP contribution in [0.15, 0.2) is 36.4 Å². The fraction of sp³-hybridized carbons (Fsp3) is 0.531. The Morgan fingerprint density at radius 1 is 1.05 bits per heavy atom. The van der Waals surface area contributed by atoms with Crippen LogP contribution in [0, 0.1) is 17.1 Å². The molecule has 3 atom stereocenters. The minimum atomic E-state index is -0.723. The molecule has 1 N–H and O–H groups in total. The molecule has 3 saturated heterocycles. The largest absolute Gasteiger partial charge is 0.495 e. The number of amides is 2. The highest BCUT2D eigenvalue weighted by molar-refractivity contribution is 6.64. The van der Waals surface area contributed by atoms with Gasteiger partial charge in [-0.15, -0.1) is 0 Å². The van der Waals surface area contributed by atoms with Crippen LogP contribution in [0.5, 0.6) is 0 Å². The maximum atomic E-state index is 14.8. The fourth-order valence-corrected chi connectivity index (χ4v) is 6.14. The van der Waals surface area contributed by atoms with Crippen molar-refractivity contribution in [2.75, 3.05) is 0 Å². The molecule has 0 saturated carbocycles. The quantitative estimate of drug-likeness (QED) is 0.495. The molecule has 2 aromatic rings. The zero-order chi connectivity index (χ0) is 30.6. The molecule has 2 aromatic carbocycles. The van der Waals surface area contributed by atoms with Crippen molar-refractivity contribution < 1.29 is 28.0 Å². The minimum Gasteiger partial charge on any atom is -0.444 e. The highest BCUT2D eigenvalue weighted by Gasteiger charge is 2.52. The Morgan fingerprint density at radius 3 is 2.21 bits per heavy atom. The van der Waals surface area contributed by atoms with E-state index in [9.17, 15) is 19.2 Å². The molecule has 3 aliphatic heterocycles. The van der Waals surface area contributed by atoms with Crippen LogP contribution in [-0.4, -0.2) is 58.9 Å². The summed E-state index contributed by atoms with van der Waals surface area (Å²) in [7, 11) is -0.723. The zero-order valence-corrected chi connectivity index (χ0v) is 25.4. The van der Waals surface area contributed by atoms with Crippen molar-refractivity contribution in [3.63, 3.8) is 0 Å². The van der Waals surface area contributed by atoms with Crippen LogP contribution >= 0.6 is 0 Å². The molecule has 42 heavy (non-hydrogen) atoms. The van der Waals surface area contributed by atoms with E-state index in [4.69, 9.17) is 14.0 Å². The van der Waals surface area contributed by atoms with E-state index in [1.807, 2.05) is 65.5 Å². The first kappa shape index (κ1) is 30.1. The molecule has 3 fully saturated rings. The third-order valence-electron chi connectivity index (χ3n) is 8.90. The van der Waals surface area contributed by atoms with Gasteiger partial charge < -0.3 is 24.3 Å². The maximum absolute atomic E-state index is 14.8. The van der Waals surface area contributed by atoms with Gasteiger partial charge in [0.2, 0.25) is 0 Å². The summed E-state index contributed by atoms with van der Waals surface area (Å²) in [6, 6.07) is 11.6. The fourth-order valence-electron chi connectivity index (χ4n) is 6.14. The van der Waals surface area contributed by atoms with Gasteiger partial charge in [-0.2, -0.15) is 5.26 Å². The number of benzene rings is 2. The molecule has 2 bridgehead atoms. The van der Waals surface area contributed by atoms with Crippen LogP contribution in [0.4, 0.5) is 9.18 Å². The number of halogens is 1.